The molecule has 1 amide bonds. The van der Waals surface area contributed by atoms with E-state index in [9.17, 15) is 10.1 Å². The van der Waals surface area contributed by atoms with E-state index < -0.39 is 0 Å². The van der Waals surface area contributed by atoms with Gasteiger partial charge in [0, 0.05) is 68.4 Å². The van der Waals surface area contributed by atoms with Crippen LogP contribution < -0.4 is 4.90 Å². The summed E-state index contributed by atoms with van der Waals surface area (Å²) < 4.78 is 7.85. The number of ether oxygens (including phenoxy) is 1. The van der Waals surface area contributed by atoms with Crippen LogP contribution in [-0.4, -0.2) is 51.9 Å². The molecular weight excluding hydrogens is 472 g/mol. The van der Waals surface area contributed by atoms with Crippen molar-refractivity contribution in [2.45, 2.75) is 58.5 Å². The predicted molar refractivity (Wildman–Crippen MR) is 138 cm³/mol. The normalized spacial score (nSPS) is 18.0. The molecule has 5 heterocycles. The van der Waals surface area contributed by atoms with Crippen molar-refractivity contribution in [2.75, 3.05) is 31.2 Å². The third kappa shape index (κ3) is 3.98. The number of carbonyl (C=O) groups excluding carboxylic acids is 1. The molecule has 186 valence electrons. The summed E-state index contributed by atoms with van der Waals surface area (Å²) in [6, 6.07) is 6.96. The maximum Gasteiger partial charge on any atom is 0.219 e. The Bertz CT molecular complexity index is 1360. The first kappa shape index (κ1) is 23.2. The number of nitriles is 1. The molecule has 9 heteroatoms. The van der Waals surface area contributed by atoms with Gasteiger partial charge in [-0.15, -0.1) is 11.3 Å². The number of aromatic nitrogens is 3. The van der Waals surface area contributed by atoms with Gasteiger partial charge < -0.3 is 14.5 Å². The largest absolute Gasteiger partial charge is 0.381 e. The van der Waals surface area contributed by atoms with Gasteiger partial charge in [0.2, 0.25) is 5.91 Å². The fraction of sp³-hybridized carbons (Fsp3) is 0.481. The Balaban J connectivity index is 1.46. The maximum absolute atomic E-state index is 12.3. The molecule has 0 spiro atoms. The van der Waals surface area contributed by atoms with Crippen LogP contribution >= 0.6 is 11.3 Å². The predicted octanol–water partition coefficient (Wildman–Crippen LogP) is 4.53. The number of fused-ring (bicyclic) bond motifs is 2. The highest BCUT2D eigenvalue weighted by molar-refractivity contribution is 7.15. The first-order valence-electron chi connectivity index (χ1n) is 12.7. The average molecular weight is 503 g/mol. The van der Waals surface area contributed by atoms with Gasteiger partial charge in [0.15, 0.2) is 5.82 Å². The van der Waals surface area contributed by atoms with Crippen LogP contribution in [0.2, 0.25) is 0 Å². The molecule has 0 aliphatic carbocycles. The van der Waals surface area contributed by atoms with Crippen molar-refractivity contribution in [1.29, 1.82) is 5.26 Å². The van der Waals surface area contributed by atoms with E-state index in [-0.39, 0.29) is 5.91 Å². The zero-order valence-corrected chi connectivity index (χ0v) is 21.6. The summed E-state index contributed by atoms with van der Waals surface area (Å²) in [6.07, 6.45) is 6.56. The Morgan fingerprint density at radius 1 is 1.22 bits per heavy atom. The Kier molecular flexibility index (Phi) is 6.02. The van der Waals surface area contributed by atoms with Gasteiger partial charge in [-0.05, 0) is 50.3 Å². The van der Waals surface area contributed by atoms with Gasteiger partial charge in [-0.3, -0.25) is 9.48 Å². The highest BCUT2D eigenvalue weighted by Crippen LogP contribution is 2.42. The lowest BCUT2D eigenvalue weighted by molar-refractivity contribution is -0.129. The van der Waals surface area contributed by atoms with Crippen LogP contribution in [0.25, 0.3) is 10.4 Å². The zero-order valence-electron chi connectivity index (χ0n) is 20.8. The molecule has 0 radical (unpaired) electrons. The topological polar surface area (TPSA) is 87.3 Å². The van der Waals surface area contributed by atoms with Gasteiger partial charge in [-0.2, -0.15) is 10.4 Å². The zero-order chi connectivity index (χ0) is 24.8. The van der Waals surface area contributed by atoms with Crippen molar-refractivity contribution in [1.82, 2.24) is 19.7 Å². The molecule has 1 fully saturated rings. The fourth-order valence-electron chi connectivity index (χ4n) is 5.78. The second-order valence-electron chi connectivity index (χ2n) is 9.86. The van der Waals surface area contributed by atoms with Crippen molar-refractivity contribution in [3.63, 3.8) is 0 Å². The van der Waals surface area contributed by atoms with Crippen LogP contribution in [0.1, 0.15) is 59.6 Å². The molecule has 3 aliphatic rings. The summed E-state index contributed by atoms with van der Waals surface area (Å²) in [4.78, 5) is 21.9. The van der Waals surface area contributed by atoms with Crippen LogP contribution in [0, 0.1) is 18.3 Å². The number of hydrogen-bond donors (Lipinski definition) is 0. The number of rotatable bonds is 3. The number of thiazole rings is 1. The van der Waals surface area contributed by atoms with Crippen molar-refractivity contribution >= 4 is 28.7 Å². The van der Waals surface area contributed by atoms with Crippen LogP contribution in [0.5, 0.6) is 0 Å². The number of anilines is 2. The van der Waals surface area contributed by atoms with Crippen LogP contribution in [0.4, 0.5) is 11.5 Å². The minimum atomic E-state index is 0.0979. The monoisotopic (exact) mass is 502 g/mol. The summed E-state index contributed by atoms with van der Waals surface area (Å²) in [5.74, 6) is 1.04. The highest BCUT2D eigenvalue weighted by Gasteiger charge is 2.33. The molecule has 36 heavy (non-hydrogen) atoms. The molecule has 0 N–H and O–H groups in total. The lowest BCUT2D eigenvalue weighted by Gasteiger charge is -2.33. The molecule has 0 unspecified atom stereocenters. The van der Waals surface area contributed by atoms with E-state index in [0.717, 1.165) is 90.9 Å². The van der Waals surface area contributed by atoms with E-state index in [4.69, 9.17) is 9.84 Å². The van der Waals surface area contributed by atoms with E-state index in [1.807, 2.05) is 24.1 Å². The second-order valence-corrected chi connectivity index (χ2v) is 11.1. The van der Waals surface area contributed by atoms with Crippen LogP contribution in [0.15, 0.2) is 18.3 Å². The Morgan fingerprint density at radius 2 is 2.06 bits per heavy atom. The Morgan fingerprint density at radius 3 is 2.78 bits per heavy atom. The summed E-state index contributed by atoms with van der Waals surface area (Å²) in [5, 5.41) is 16.3. The second kappa shape index (κ2) is 9.34. The summed E-state index contributed by atoms with van der Waals surface area (Å²) in [7, 11) is 0. The number of amides is 1. The third-order valence-corrected chi connectivity index (χ3v) is 8.59. The van der Waals surface area contributed by atoms with Gasteiger partial charge in [0.25, 0.3) is 0 Å². The number of nitrogens with zero attached hydrogens (tertiary/aromatic N) is 6. The van der Waals surface area contributed by atoms with E-state index in [1.165, 1.54) is 11.3 Å². The molecular formula is C27H30N6O2S. The molecule has 0 atom stereocenters. The minimum Gasteiger partial charge on any atom is -0.381 e. The standard InChI is InChI=1S/C27H30N6O2S/c1-17-29-15-26(36-17)22-12-19-4-3-8-32(25(19)13-20(22)14-28)27-23-16-31(18(2)34)9-5-24(23)33(30-27)21-6-10-35-11-7-21/h12-13,15,21H,3-11,16H2,1-2H3. The third-order valence-electron chi connectivity index (χ3n) is 7.65. The molecule has 1 aromatic carbocycles. The summed E-state index contributed by atoms with van der Waals surface area (Å²) in [6.45, 7) is 7.29. The fourth-order valence-corrected chi connectivity index (χ4v) is 6.59. The molecule has 0 saturated carbocycles. The van der Waals surface area contributed by atoms with E-state index in [1.54, 1.807) is 18.3 Å². The Labute approximate surface area is 215 Å². The quantitative estimate of drug-likeness (QED) is 0.523. The minimum absolute atomic E-state index is 0.0979. The molecule has 3 aliphatic heterocycles. The first-order valence-corrected chi connectivity index (χ1v) is 13.6. The summed E-state index contributed by atoms with van der Waals surface area (Å²) >= 11 is 1.62. The van der Waals surface area contributed by atoms with Crippen molar-refractivity contribution in [3.8, 4) is 16.5 Å². The number of hydrogen-bond acceptors (Lipinski definition) is 7. The van der Waals surface area contributed by atoms with Gasteiger partial charge in [-0.25, -0.2) is 4.98 Å². The molecule has 3 aromatic rings. The van der Waals surface area contributed by atoms with Gasteiger partial charge in [-0.1, -0.05) is 0 Å². The van der Waals surface area contributed by atoms with Crippen molar-refractivity contribution in [2.24, 2.45) is 0 Å². The van der Waals surface area contributed by atoms with E-state index >= 15 is 0 Å². The number of carbonyl (C=O) groups is 1. The number of benzene rings is 1. The molecule has 2 aromatic heterocycles. The molecule has 8 nitrogen and oxygen atoms in total. The van der Waals surface area contributed by atoms with E-state index in [2.05, 4.69) is 26.7 Å². The van der Waals surface area contributed by atoms with Gasteiger partial charge in [0.1, 0.15) is 0 Å². The van der Waals surface area contributed by atoms with E-state index in [0.29, 0.717) is 18.2 Å². The van der Waals surface area contributed by atoms with Gasteiger partial charge >= 0.3 is 0 Å². The van der Waals surface area contributed by atoms with Crippen molar-refractivity contribution in [3.05, 3.63) is 45.7 Å². The summed E-state index contributed by atoms with van der Waals surface area (Å²) in [5.41, 5.74) is 6.31. The number of aryl methyl sites for hydroxylation is 2. The SMILES string of the molecule is CC(=O)N1CCc2c(c(N3CCCc4cc(-c5cnc(C)s5)c(C#N)cc43)nn2C2CCOCC2)C1. The lowest BCUT2D eigenvalue weighted by Crippen LogP contribution is -2.36. The van der Waals surface area contributed by atoms with Crippen LogP contribution in [0.3, 0.4) is 0 Å². The average Bonchev–Trinajstić information content (AvgIpc) is 3.51. The Hall–Kier alpha value is -3.22. The smallest absolute Gasteiger partial charge is 0.219 e. The first-order chi connectivity index (χ1) is 17.5. The molecule has 1 saturated heterocycles. The molecule has 0 bridgehead atoms. The van der Waals surface area contributed by atoms with Crippen molar-refractivity contribution < 1.29 is 9.53 Å². The lowest BCUT2D eigenvalue weighted by atomic mass is 9.94. The molecule has 6 rings (SSSR count). The maximum atomic E-state index is 12.3. The van der Waals surface area contributed by atoms with Gasteiger partial charge in [0.05, 0.1) is 34.1 Å². The highest BCUT2D eigenvalue weighted by atomic mass is 32.1. The van der Waals surface area contributed by atoms with Crippen LogP contribution in [-0.2, 0) is 28.9 Å².